The molecule has 4 rings (SSSR count). The predicted molar refractivity (Wildman–Crippen MR) is 114 cm³/mol. The monoisotopic (exact) mass is 431 g/mol. The van der Waals surface area contributed by atoms with Gasteiger partial charge in [0.05, 0.1) is 11.1 Å². The molecule has 1 N–H and O–H groups in total. The van der Waals surface area contributed by atoms with E-state index >= 15 is 0 Å². The van der Waals surface area contributed by atoms with Crippen molar-refractivity contribution in [3.05, 3.63) is 42.7 Å². The van der Waals surface area contributed by atoms with E-state index in [1.807, 2.05) is 19.1 Å². The van der Waals surface area contributed by atoms with Gasteiger partial charge in [0.25, 0.3) is 0 Å². The van der Waals surface area contributed by atoms with Crippen LogP contribution in [-0.2, 0) is 10.0 Å². The molecule has 9 nitrogen and oxygen atoms in total. The van der Waals surface area contributed by atoms with Crippen LogP contribution in [0.25, 0.3) is 10.4 Å². The Kier molecular flexibility index (Phi) is 5.43. The third kappa shape index (κ3) is 4.69. The van der Waals surface area contributed by atoms with Crippen LogP contribution in [0.4, 0.5) is 16.6 Å². The van der Waals surface area contributed by atoms with Crippen LogP contribution in [0, 0.1) is 6.92 Å². The highest BCUT2D eigenvalue weighted by molar-refractivity contribution is 7.88. The summed E-state index contributed by atoms with van der Waals surface area (Å²) in [6, 6.07) is 3.88. The molecule has 0 bridgehead atoms. The Hall–Kier alpha value is -2.63. The van der Waals surface area contributed by atoms with Gasteiger partial charge < -0.3 is 10.2 Å². The minimum Gasteiger partial charge on any atom is -0.369 e. The normalized spacial score (nSPS) is 15.4. The molecule has 1 aliphatic heterocycles. The Balaban J connectivity index is 1.44. The number of sulfonamides is 1. The molecule has 0 aliphatic carbocycles. The average Bonchev–Trinajstić information content (AvgIpc) is 3.16. The van der Waals surface area contributed by atoms with Crippen molar-refractivity contribution in [1.29, 1.82) is 0 Å². The molecule has 11 heteroatoms. The van der Waals surface area contributed by atoms with Gasteiger partial charge in [0.1, 0.15) is 11.6 Å². The van der Waals surface area contributed by atoms with Gasteiger partial charge in [-0.25, -0.2) is 28.4 Å². The molecule has 152 valence electrons. The van der Waals surface area contributed by atoms with E-state index in [4.69, 9.17) is 0 Å². The van der Waals surface area contributed by atoms with Crippen LogP contribution >= 0.6 is 11.3 Å². The number of hydrogen-bond donors (Lipinski definition) is 1. The van der Waals surface area contributed by atoms with Gasteiger partial charge in [-0.3, -0.25) is 0 Å². The van der Waals surface area contributed by atoms with Crippen molar-refractivity contribution < 1.29 is 8.42 Å². The molecule has 3 aromatic heterocycles. The van der Waals surface area contributed by atoms with Crippen molar-refractivity contribution in [2.45, 2.75) is 6.92 Å². The second kappa shape index (κ2) is 8.01. The highest BCUT2D eigenvalue weighted by Gasteiger charge is 2.23. The summed E-state index contributed by atoms with van der Waals surface area (Å²) in [7, 11) is -3.14. The molecule has 1 saturated heterocycles. The van der Waals surface area contributed by atoms with Gasteiger partial charge in [-0.15, -0.1) is 0 Å². The molecule has 1 fully saturated rings. The molecule has 0 spiro atoms. The fraction of sp³-hybridized carbons (Fsp3) is 0.333. The van der Waals surface area contributed by atoms with E-state index in [1.54, 1.807) is 24.8 Å². The van der Waals surface area contributed by atoms with Gasteiger partial charge >= 0.3 is 0 Å². The molecule has 0 atom stereocenters. The summed E-state index contributed by atoms with van der Waals surface area (Å²) in [5.41, 5.74) is 1.92. The van der Waals surface area contributed by atoms with Crippen molar-refractivity contribution >= 4 is 38.0 Å². The number of aryl methyl sites for hydroxylation is 1. The first-order valence-electron chi connectivity index (χ1n) is 9.06. The van der Waals surface area contributed by atoms with Gasteiger partial charge in [-0.05, 0) is 13.0 Å². The Morgan fingerprint density at radius 1 is 1.03 bits per heavy atom. The minimum atomic E-state index is -3.14. The van der Waals surface area contributed by atoms with E-state index in [1.165, 1.54) is 21.9 Å². The van der Waals surface area contributed by atoms with Crippen molar-refractivity contribution in [1.82, 2.24) is 24.2 Å². The number of rotatable bonds is 5. The third-order valence-corrected chi connectivity index (χ3v) is 6.89. The lowest BCUT2D eigenvalue weighted by molar-refractivity contribution is 0.388. The predicted octanol–water partition coefficient (Wildman–Crippen LogP) is 2.13. The maximum absolute atomic E-state index is 11.7. The Labute approximate surface area is 173 Å². The van der Waals surface area contributed by atoms with Crippen molar-refractivity contribution in [2.24, 2.45) is 0 Å². The molecule has 1 aliphatic rings. The van der Waals surface area contributed by atoms with Gasteiger partial charge in [-0.1, -0.05) is 11.3 Å². The van der Waals surface area contributed by atoms with E-state index in [0.29, 0.717) is 32.0 Å². The lowest BCUT2D eigenvalue weighted by Crippen LogP contribution is -2.48. The first-order chi connectivity index (χ1) is 13.9. The third-order valence-electron chi connectivity index (χ3n) is 4.62. The van der Waals surface area contributed by atoms with Gasteiger partial charge in [0.2, 0.25) is 10.0 Å². The molecule has 0 saturated carbocycles. The van der Waals surface area contributed by atoms with Crippen LogP contribution in [0.1, 0.15) is 5.82 Å². The van der Waals surface area contributed by atoms with Crippen LogP contribution < -0.4 is 10.2 Å². The number of thiazole rings is 1. The van der Waals surface area contributed by atoms with Crippen molar-refractivity contribution in [2.75, 3.05) is 42.7 Å². The highest BCUT2D eigenvalue weighted by Crippen LogP contribution is 2.30. The fourth-order valence-corrected chi connectivity index (χ4v) is 4.68. The summed E-state index contributed by atoms with van der Waals surface area (Å²) in [4.78, 5) is 20.4. The van der Waals surface area contributed by atoms with Crippen molar-refractivity contribution in [3.63, 3.8) is 0 Å². The number of nitrogens with one attached hydrogen (secondary N) is 1. The maximum atomic E-state index is 11.7. The van der Waals surface area contributed by atoms with Crippen LogP contribution in [0.5, 0.6) is 0 Å². The second-order valence-corrected chi connectivity index (χ2v) is 9.74. The number of aromatic nitrogens is 4. The molecular weight excluding hydrogens is 410 g/mol. The Bertz CT molecular complexity index is 1090. The molecular formula is C18H21N7O2S2. The standard InChI is InChI=1S/C18H21N7O2S2/c1-13-20-10-14(11-21-13)16-12-22-18(28-16)23-17-9-15(3-4-19-17)24-5-7-25(8-6-24)29(2,26)27/h3-4,9-12H,5-8H2,1-2H3,(H,19,22,23). The van der Waals surface area contributed by atoms with Crippen molar-refractivity contribution in [3.8, 4) is 10.4 Å². The second-order valence-electron chi connectivity index (χ2n) is 6.72. The molecule has 4 heterocycles. The van der Waals surface area contributed by atoms with Crippen LogP contribution in [-0.4, -0.2) is 65.1 Å². The van der Waals surface area contributed by atoms with Crippen LogP contribution in [0.3, 0.4) is 0 Å². The Morgan fingerprint density at radius 2 is 1.76 bits per heavy atom. The molecule has 0 unspecified atom stereocenters. The molecule has 3 aromatic rings. The maximum Gasteiger partial charge on any atom is 0.211 e. The lowest BCUT2D eigenvalue weighted by atomic mass is 10.3. The van der Waals surface area contributed by atoms with Crippen LogP contribution in [0.2, 0.25) is 0 Å². The molecule has 0 aromatic carbocycles. The molecule has 0 amide bonds. The zero-order valence-electron chi connectivity index (χ0n) is 16.1. The van der Waals surface area contributed by atoms with Crippen LogP contribution in [0.15, 0.2) is 36.9 Å². The van der Waals surface area contributed by atoms with E-state index in [-0.39, 0.29) is 0 Å². The smallest absolute Gasteiger partial charge is 0.211 e. The number of anilines is 3. The van der Waals surface area contributed by atoms with E-state index in [2.05, 4.69) is 30.2 Å². The summed E-state index contributed by atoms with van der Waals surface area (Å²) in [5, 5.41) is 3.97. The van der Waals surface area contributed by atoms with Gasteiger partial charge in [0, 0.05) is 68.3 Å². The summed E-state index contributed by atoms with van der Waals surface area (Å²) in [6.07, 6.45) is 8.35. The number of hydrogen-bond acceptors (Lipinski definition) is 9. The highest BCUT2D eigenvalue weighted by atomic mass is 32.2. The topological polar surface area (TPSA) is 104 Å². The Morgan fingerprint density at radius 3 is 2.45 bits per heavy atom. The van der Waals surface area contributed by atoms with E-state index in [9.17, 15) is 8.42 Å². The first-order valence-corrected chi connectivity index (χ1v) is 11.7. The minimum absolute atomic E-state index is 0.485. The first kappa shape index (κ1) is 19.7. The summed E-state index contributed by atoms with van der Waals surface area (Å²) in [5.74, 6) is 1.42. The number of piperazine rings is 1. The summed E-state index contributed by atoms with van der Waals surface area (Å²) < 4.78 is 24.9. The van der Waals surface area contributed by atoms with E-state index in [0.717, 1.165) is 27.1 Å². The molecule has 0 radical (unpaired) electrons. The largest absolute Gasteiger partial charge is 0.369 e. The zero-order valence-corrected chi connectivity index (χ0v) is 17.7. The number of pyridine rings is 1. The zero-order chi connectivity index (χ0) is 20.4. The average molecular weight is 432 g/mol. The number of nitrogens with zero attached hydrogens (tertiary/aromatic N) is 6. The van der Waals surface area contributed by atoms with Gasteiger partial charge in [0.15, 0.2) is 5.13 Å². The lowest BCUT2D eigenvalue weighted by Gasteiger charge is -2.34. The van der Waals surface area contributed by atoms with Gasteiger partial charge in [-0.2, -0.15) is 4.31 Å². The summed E-state index contributed by atoms with van der Waals surface area (Å²) >= 11 is 1.50. The SMILES string of the molecule is Cc1ncc(-c2cnc(Nc3cc(N4CCN(S(C)(=O)=O)CC4)ccn3)s2)cn1. The molecule has 29 heavy (non-hydrogen) atoms. The quantitative estimate of drug-likeness (QED) is 0.655. The van der Waals surface area contributed by atoms with E-state index < -0.39 is 10.0 Å². The fourth-order valence-electron chi connectivity index (χ4n) is 3.06. The summed E-state index contributed by atoms with van der Waals surface area (Å²) in [6.45, 7) is 4.11.